The van der Waals surface area contributed by atoms with Gasteiger partial charge in [-0.3, -0.25) is 9.20 Å². The van der Waals surface area contributed by atoms with Crippen LogP contribution in [0.5, 0.6) is 5.75 Å². The van der Waals surface area contributed by atoms with E-state index in [1.54, 1.807) is 13.2 Å². The summed E-state index contributed by atoms with van der Waals surface area (Å²) in [6, 6.07) is 13.2. The Morgan fingerprint density at radius 3 is 2.79 bits per heavy atom. The Hall–Kier alpha value is -2.83. The zero-order valence-electron chi connectivity index (χ0n) is 15.4. The lowest BCUT2D eigenvalue weighted by molar-refractivity contribution is -0.115. The van der Waals surface area contributed by atoms with Gasteiger partial charge in [-0.1, -0.05) is 17.7 Å². The molecule has 28 heavy (non-hydrogen) atoms. The van der Waals surface area contributed by atoms with Crippen LogP contribution in [0.2, 0.25) is 5.02 Å². The van der Waals surface area contributed by atoms with Crippen LogP contribution >= 0.6 is 22.9 Å². The minimum atomic E-state index is -0.0928. The molecule has 0 bridgehead atoms. The summed E-state index contributed by atoms with van der Waals surface area (Å²) in [4.78, 5) is 18.1. The van der Waals surface area contributed by atoms with Crippen LogP contribution in [0.4, 0.5) is 5.69 Å². The smallest absolute Gasteiger partial charge is 0.230 e. The Morgan fingerprint density at radius 1 is 1.25 bits per heavy atom. The summed E-state index contributed by atoms with van der Waals surface area (Å²) < 4.78 is 7.17. The van der Waals surface area contributed by atoms with E-state index in [1.807, 2.05) is 59.3 Å². The average molecular weight is 412 g/mol. The second kappa shape index (κ2) is 7.66. The molecule has 2 aromatic heterocycles. The Labute approximate surface area is 171 Å². The van der Waals surface area contributed by atoms with E-state index in [2.05, 4.69) is 10.3 Å². The number of ether oxygens (including phenoxy) is 1. The van der Waals surface area contributed by atoms with Crippen molar-refractivity contribution in [1.29, 1.82) is 0 Å². The third kappa shape index (κ3) is 3.61. The van der Waals surface area contributed by atoms with Crippen LogP contribution < -0.4 is 10.1 Å². The largest absolute Gasteiger partial charge is 0.497 e. The predicted octanol–water partition coefficient (Wildman–Crippen LogP) is 5.21. The lowest BCUT2D eigenvalue weighted by Gasteiger charge is -2.09. The van der Waals surface area contributed by atoms with E-state index in [0.717, 1.165) is 38.9 Å². The second-order valence-electron chi connectivity index (χ2n) is 6.37. The van der Waals surface area contributed by atoms with Gasteiger partial charge in [0.25, 0.3) is 0 Å². The van der Waals surface area contributed by atoms with Crippen molar-refractivity contribution in [2.45, 2.75) is 13.3 Å². The van der Waals surface area contributed by atoms with Gasteiger partial charge in [-0.15, -0.1) is 11.3 Å². The first-order valence-electron chi connectivity index (χ1n) is 8.70. The van der Waals surface area contributed by atoms with Gasteiger partial charge in [-0.25, -0.2) is 4.98 Å². The van der Waals surface area contributed by atoms with Gasteiger partial charge in [-0.05, 0) is 48.9 Å². The first-order valence-corrected chi connectivity index (χ1v) is 9.96. The van der Waals surface area contributed by atoms with Crippen molar-refractivity contribution in [3.8, 4) is 17.0 Å². The van der Waals surface area contributed by atoms with Crippen LogP contribution in [0.15, 0.2) is 54.0 Å². The Morgan fingerprint density at radius 2 is 2.04 bits per heavy atom. The van der Waals surface area contributed by atoms with Crippen molar-refractivity contribution in [3.63, 3.8) is 0 Å². The number of aromatic nitrogens is 2. The van der Waals surface area contributed by atoms with Crippen molar-refractivity contribution in [3.05, 3.63) is 70.3 Å². The zero-order chi connectivity index (χ0) is 19.7. The van der Waals surface area contributed by atoms with E-state index in [1.165, 1.54) is 11.3 Å². The number of hydrogen-bond donors (Lipinski definition) is 1. The molecule has 0 atom stereocenters. The van der Waals surface area contributed by atoms with E-state index in [-0.39, 0.29) is 12.3 Å². The number of anilines is 1. The molecular weight excluding hydrogens is 394 g/mol. The van der Waals surface area contributed by atoms with E-state index in [4.69, 9.17) is 16.3 Å². The molecular formula is C21H18ClN3O2S. The lowest BCUT2D eigenvalue weighted by atomic mass is 10.1. The summed E-state index contributed by atoms with van der Waals surface area (Å²) in [5.41, 5.74) is 4.35. The molecule has 4 rings (SSSR count). The monoisotopic (exact) mass is 411 g/mol. The standard InChI is InChI=1S/C21H18ClN3O2S/c1-13-17(22)4-3-5-18(13)23-20(26)10-15-12-28-21-24-19(11-25(15)21)14-6-8-16(27-2)9-7-14/h3-9,11-12H,10H2,1-2H3,(H,23,26). The number of thiazole rings is 1. The van der Waals surface area contributed by atoms with Gasteiger partial charge in [-0.2, -0.15) is 0 Å². The minimum Gasteiger partial charge on any atom is -0.497 e. The maximum atomic E-state index is 12.5. The maximum absolute atomic E-state index is 12.5. The van der Waals surface area contributed by atoms with Crippen LogP contribution in [-0.2, 0) is 11.2 Å². The maximum Gasteiger partial charge on any atom is 0.230 e. The molecule has 0 aliphatic rings. The van der Waals surface area contributed by atoms with Crippen LogP contribution in [0, 0.1) is 6.92 Å². The quantitative estimate of drug-likeness (QED) is 0.490. The molecule has 0 unspecified atom stereocenters. The molecule has 2 heterocycles. The molecule has 2 aromatic carbocycles. The highest BCUT2D eigenvalue weighted by Crippen LogP contribution is 2.26. The number of carbonyl (C=O) groups is 1. The van der Waals surface area contributed by atoms with Crippen molar-refractivity contribution in [2.24, 2.45) is 0 Å². The van der Waals surface area contributed by atoms with Crippen molar-refractivity contribution in [1.82, 2.24) is 9.38 Å². The van der Waals surface area contributed by atoms with E-state index in [0.29, 0.717) is 5.02 Å². The number of nitrogens with zero attached hydrogens (tertiary/aromatic N) is 2. The van der Waals surface area contributed by atoms with Crippen molar-refractivity contribution < 1.29 is 9.53 Å². The van der Waals surface area contributed by atoms with Crippen LogP contribution in [0.1, 0.15) is 11.3 Å². The third-order valence-electron chi connectivity index (χ3n) is 4.55. The minimum absolute atomic E-state index is 0.0928. The summed E-state index contributed by atoms with van der Waals surface area (Å²) >= 11 is 7.65. The predicted molar refractivity (Wildman–Crippen MR) is 114 cm³/mol. The number of hydrogen-bond acceptors (Lipinski definition) is 4. The first kappa shape index (κ1) is 18.5. The van der Waals surface area contributed by atoms with Crippen molar-refractivity contribution >= 4 is 39.5 Å². The summed E-state index contributed by atoms with van der Waals surface area (Å²) in [6.45, 7) is 1.89. The Balaban J connectivity index is 1.55. The van der Waals surface area contributed by atoms with Crippen molar-refractivity contribution in [2.75, 3.05) is 12.4 Å². The highest BCUT2D eigenvalue weighted by molar-refractivity contribution is 7.15. The summed E-state index contributed by atoms with van der Waals surface area (Å²) in [7, 11) is 1.64. The van der Waals surface area contributed by atoms with Crippen LogP contribution in [0.25, 0.3) is 16.2 Å². The van der Waals surface area contributed by atoms with Gasteiger partial charge in [0.2, 0.25) is 5.91 Å². The first-order chi connectivity index (χ1) is 13.5. The Bertz CT molecular complexity index is 1150. The van der Waals surface area contributed by atoms with Gasteiger partial charge in [0.1, 0.15) is 5.75 Å². The number of benzene rings is 2. The lowest BCUT2D eigenvalue weighted by Crippen LogP contribution is -2.16. The Kier molecular flexibility index (Phi) is 5.07. The average Bonchev–Trinajstić information content (AvgIpc) is 3.27. The third-order valence-corrected chi connectivity index (χ3v) is 5.85. The number of fused-ring (bicyclic) bond motifs is 1. The van der Waals surface area contributed by atoms with Gasteiger partial charge < -0.3 is 10.1 Å². The molecule has 4 aromatic rings. The molecule has 1 amide bonds. The molecule has 0 spiro atoms. The molecule has 0 aliphatic carbocycles. The molecule has 142 valence electrons. The number of amides is 1. The molecule has 0 radical (unpaired) electrons. The molecule has 7 heteroatoms. The summed E-state index contributed by atoms with van der Waals surface area (Å²) in [6.07, 6.45) is 2.21. The number of nitrogens with one attached hydrogen (secondary N) is 1. The fourth-order valence-electron chi connectivity index (χ4n) is 2.96. The number of halogens is 1. The molecule has 1 N–H and O–H groups in total. The number of carbonyl (C=O) groups excluding carboxylic acids is 1. The highest BCUT2D eigenvalue weighted by Gasteiger charge is 2.14. The van der Waals surface area contributed by atoms with E-state index >= 15 is 0 Å². The normalized spacial score (nSPS) is 11.0. The van der Waals surface area contributed by atoms with Gasteiger partial charge >= 0.3 is 0 Å². The number of imidazole rings is 1. The molecule has 0 fully saturated rings. The number of methoxy groups -OCH3 is 1. The second-order valence-corrected chi connectivity index (χ2v) is 7.62. The summed E-state index contributed by atoms with van der Waals surface area (Å²) in [5, 5.41) is 5.54. The topological polar surface area (TPSA) is 55.6 Å². The van der Waals surface area contributed by atoms with Gasteiger partial charge in [0.15, 0.2) is 4.96 Å². The molecule has 0 saturated heterocycles. The fraction of sp³-hybridized carbons (Fsp3) is 0.143. The van der Waals surface area contributed by atoms with Gasteiger partial charge in [0.05, 0.1) is 19.2 Å². The summed E-state index contributed by atoms with van der Waals surface area (Å²) in [5.74, 6) is 0.711. The van der Waals surface area contributed by atoms with Crippen LogP contribution in [-0.4, -0.2) is 22.4 Å². The van der Waals surface area contributed by atoms with Crippen LogP contribution in [0.3, 0.4) is 0 Å². The number of rotatable bonds is 5. The molecule has 0 saturated carbocycles. The van der Waals surface area contributed by atoms with E-state index in [9.17, 15) is 4.79 Å². The fourth-order valence-corrected chi connectivity index (χ4v) is 4.01. The van der Waals surface area contributed by atoms with E-state index < -0.39 is 0 Å². The zero-order valence-corrected chi connectivity index (χ0v) is 17.0. The highest BCUT2D eigenvalue weighted by atomic mass is 35.5. The van der Waals surface area contributed by atoms with Gasteiger partial charge in [0, 0.05) is 33.5 Å². The molecule has 0 aliphatic heterocycles. The SMILES string of the molecule is COc1ccc(-c2cn3c(CC(=O)Nc4cccc(Cl)c4C)csc3n2)cc1. The molecule has 5 nitrogen and oxygen atoms in total.